The Morgan fingerprint density at radius 1 is 1.47 bits per heavy atom. The van der Waals surface area contributed by atoms with Crippen molar-refractivity contribution in [2.45, 2.75) is 52.2 Å². The first-order valence-corrected chi connectivity index (χ1v) is 6.76. The van der Waals surface area contributed by atoms with Crippen LogP contribution in [0, 0.1) is 5.92 Å². The lowest BCUT2D eigenvalue weighted by molar-refractivity contribution is -0.143. The number of nitrogens with two attached hydrogens (primary N) is 1. The highest BCUT2D eigenvalue weighted by Gasteiger charge is 2.32. The van der Waals surface area contributed by atoms with Gasteiger partial charge in [0.2, 0.25) is 0 Å². The smallest absolute Gasteiger partial charge is 0.251 e. The summed E-state index contributed by atoms with van der Waals surface area (Å²) in [5, 5.41) is 0. The second-order valence-electron chi connectivity index (χ2n) is 4.95. The minimum Gasteiger partial charge on any atom is -0.364 e. The van der Waals surface area contributed by atoms with Crippen LogP contribution in [-0.2, 0) is 9.53 Å². The molecule has 4 nitrogen and oxygen atoms in total. The molecule has 0 aliphatic carbocycles. The zero-order chi connectivity index (χ0) is 12.8. The van der Waals surface area contributed by atoms with E-state index >= 15 is 0 Å². The summed E-state index contributed by atoms with van der Waals surface area (Å²) < 4.78 is 5.65. The topological polar surface area (TPSA) is 55.6 Å². The summed E-state index contributed by atoms with van der Waals surface area (Å²) >= 11 is 0. The van der Waals surface area contributed by atoms with Crippen molar-refractivity contribution in [3.8, 4) is 0 Å². The number of hydrogen-bond donors (Lipinski definition) is 1. The lowest BCUT2D eigenvalue weighted by atomic mass is 10.1. The van der Waals surface area contributed by atoms with Gasteiger partial charge in [0, 0.05) is 19.6 Å². The molecule has 0 saturated carbocycles. The second-order valence-corrected chi connectivity index (χ2v) is 4.95. The average molecular weight is 242 g/mol. The first kappa shape index (κ1) is 14.5. The number of likely N-dealkylation sites (N-methyl/N-ethyl adjacent to an activating group) is 1. The van der Waals surface area contributed by atoms with Gasteiger partial charge in [0.25, 0.3) is 5.91 Å². The van der Waals surface area contributed by atoms with Crippen LogP contribution >= 0.6 is 0 Å². The Kier molecular flexibility index (Phi) is 5.92. The Balaban J connectivity index is 2.49. The average Bonchev–Trinajstić information content (AvgIpc) is 2.83. The molecular weight excluding hydrogens is 216 g/mol. The van der Waals surface area contributed by atoms with Crippen LogP contribution in [-0.4, -0.2) is 42.6 Å². The minimum atomic E-state index is -0.257. The largest absolute Gasteiger partial charge is 0.364 e. The molecule has 1 fully saturated rings. The maximum atomic E-state index is 12.2. The van der Waals surface area contributed by atoms with Gasteiger partial charge >= 0.3 is 0 Å². The van der Waals surface area contributed by atoms with Gasteiger partial charge in [0.15, 0.2) is 0 Å². The highest BCUT2D eigenvalue weighted by molar-refractivity contribution is 5.81. The van der Waals surface area contributed by atoms with E-state index in [9.17, 15) is 4.79 Å². The zero-order valence-electron chi connectivity index (χ0n) is 11.3. The molecule has 0 aromatic heterocycles. The Labute approximate surface area is 104 Å². The van der Waals surface area contributed by atoms with Gasteiger partial charge in [-0.3, -0.25) is 4.79 Å². The van der Waals surface area contributed by atoms with E-state index in [1.165, 1.54) is 0 Å². The fourth-order valence-corrected chi connectivity index (χ4v) is 2.14. The normalized spacial score (nSPS) is 25.9. The monoisotopic (exact) mass is 242 g/mol. The van der Waals surface area contributed by atoms with E-state index in [-0.39, 0.29) is 18.1 Å². The first-order chi connectivity index (χ1) is 8.12. The maximum absolute atomic E-state index is 12.2. The number of amides is 1. The zero-order valence-corrected chi connectivity index (χ0v) is 11.3. The predicted molar refractivity (Wildman–Crippen MR) is 68.7 cm³/mol. The molecule has 0 aromatic rings. The highest BCUT2D eigenvalue weighted by atomic mass is 16.5. The molecule has 1 heterocycles. The molecular formula is C13H26N2O2. The number of carbonyl (C=O) groups is 1. The van der Waals surface area contributed by atoms with E-state index in [1.807, 2.05) is 11.8 Å². The third-order valence-corrected chi connectivity index (χ3v) is 3.57. The van der Waals surface area contributed by atoms with Crippen LogP contribution in [0.4, 0.5) is 0 Å². The van der Waals surface area contributed by atoms with Crippen LogP contribution in [0.1, 0.15) is 40.0 Å². The molecule has 1 aliphatic heterocycles. The third kappa shape index (κ3) is 3.96. The Hall–Kier alpha value is -0.610. The Morgan fingerprint density at radius 2 is 2.18 bits per heavy atom. The van der Waals surface area contributed by atoms with Crippen molar-refractivity contribution in [1.82, 2.24) is 4.90 Å². The molecule has 1 amide bonds. The van der Waals surface area contributed by atoms with Crippen molar-refractivity contribution in [2.75, 3.05) is 19.6 Å². The van der Waals surface area contributed by atoms with Crippen molar-refractivity contribution in [3.05, 3.63) is 0 Å². The van der Waals surface area contributed by atoms with E-state index in [0.717, 1.165) is 32.4 Å². The van der Waals surface area contributed by atoms with Crippen molar-refractivity contribution in [1.29, 1.82) is 0 Å². The highest BCUT2D eigenvalue weighted by Crippen LogP contribution is 2.21. The number of rotatable bonds is 6. The van der Waals surface area contributed by atoms with Gasteiger partial charge in [-0.2, -0.15) is 0 Å². The summed E-state index contributed by atoms with van der Waals surface area (Å²) in [6, 6.07) is 0. The third-order valence-electron chi connectivity index (χ3n) is 3.57. The molecule has 0 bridgehead atoms. The Bertz CT molecular complexity index is 246. The van der Waals surface area contributed by atoms with E-state index in [4.69, 9.17) is 10.5 Å². The fourth-order valence-electron chi connectivity index (χ4n) is 2.14. The van der Waals surface area contributed by atoms with Gasteiger partial charge in [-0.05, 0) is 25.7 Å². The number of hydrogen-bond acceptors (Lipinski definition) is 3. The fraction of sp³-hybridized carbons (Fsp3) is 0.923. The van der Waals surface area contributed by atoms with Crippen LogP contribution < -0.4 is 5.73 Å². The molecule has 1 rings (SSSR count). The van der Waals surface area contributed by atoms with Crippen LogP contribution in [0.15, 0.2) is 0 Å². The van der Waals surface area contributed by atoms with E-state index in [0.29, 0.717) is 12.5 Å². The van der Waals surface area contributed by atoms with Crippen molar-refractivity contribution in [3.63, 3.8) is 0 Å². The molecule has 100 valence electrons. The van der Waals surface area contributed by atoms with Gasteiger partial charge < -0.3 is 15.4 Å². The maximum Gasteiger partial charge on any atom is 0.251 e. The van der Waals surface area contributed by atoms with Crippen molar-refractivity contribution in [2.24, 2.45) is 11.7 Å². The number of carbonyl (C=O) groups excluding carboxylic acids is 1. The molecule has 0 aromatic carbocycles. The molecule has 17 heavy (non-hydrogen) atoms. The molecule has 1 unspecified atom stereocenters. The molecule has 4 heteroatoms. The summed E-state index contributed by atoms with van der Waals surface area (Å²) in [4.78, 5) is 14.2. The second kappa shape index (κ2) is 6.97. The van der Waals surface area contributed by atoms with Crippen LogP contribution in [0.2, 0.25) is 0 Å². The van der Waals surface area contributed by atoms with Gasteiger partial charge in [0.1, 0.15) is 6.10 Å². The van der Waals surface area contributed by atoms with Gasteiger partial charge in [-0.25, -0.2) is 0 Å². The Morgan fingerprint density at radius 3 is 2.65 bits per heavy atom. The van der Waals surface area contributed by atoms with Crippen LogP contribution in [0.25, 0.3) is 0 Å². The van der Waals surface area contributed by atoms with E-state index in [1.54, 1.807) is 0 Å². The van der Waals surface area contributed by atoms with Crippen molar-refractivity contribution >= 4 is 5.91 Å². The summed E-state index contributed by atoms with van der Waals surface area (Å²) in [6.45, 7) is 8.46. The number of nitrogens with zero attached hydrogens (tertiary/aromatic N) is 1. The predicted octanol–water partition coefficient (Wildman–Crippen LogP) is 1.39. The summed E-state index contributed by atoms with van der Waals surface area (Å²) in [5.74, 6) is 0.689. The number of ether oxygens (including phenoxy) is 1. The lowest BCUT2D eigenvalue weighted by Crippen LogP contribution is -2.41. The summed E-state index contributed by atoms with van der Waals surface area (Å²) in [6.07, 6.45) is 2.64. The van der Waals surface area contributed by atoms with Crippen LogP contribution in [0.3, 0.4) is 0 Å². The quantitative estimate of drug-likeness (QED) is 0.765. The SMILES string of the molecule is CCC(C)CN(CC)C(=O)[C@@H]1CC[C@H](CN)O1. The van der Waals surface area contributed by atoms with Gasteiger partial charge in [-0.1, -0.05) is 20.3 Å². The molecule has 2 N–H and O–H groups in total. The molecule has 3 atom stereocenters. The molecule has 1 aliphatic rings. The van der Waals surface area contributed by atoms with Gasteiger partial charge in [-0.15, -0.1) is 0 Å². The lowest BCUT2D eigenvalue weighted by Gasteiger charge is -2.26. The van der Waals surface area contributed by atoms with Crippen molar-refractivity contribution < 1.29 is 9.53 Å². The molecule has 0 radical (unpaired) electrons. The molecule has 1 saturated heterocycles. The van der Waals surface area contributed by atoms with E-state index in [2.05, 4.69) is 13.8 Å². The minimum absolute atomic E-state index is 0.0752. The first-order valence-electron chi connectivity index (χ1n) is 6.76. The molecule has 0 spiro atoms. The van der Waals surface area contributed by atoms with Crippen LogP contribution in [0.5, 0.6) is 0 Å². The van der Waals surface area contributed by atoms with Gasteiger partial charge in [0.05, 0.1) is 6.10 Å². The van der Waals surface area contributed by atoms with E-state index < -0.39 is 0 Å². The standard InChI is InChI=1S/C13H26N2O2/c1-4-10(3)9-15(5-2)13(16)12-7-6-11(8-14)17-12/h10-12H,4-9,14H2,1-3H3/t10?,11-,12+/m1/s1. The summed E-state index contributed by atoms with van der Waals surface area (Å²) in [5.41, 5.74) is 5.56. The summed E-state index contributed by atoms with van der Waals surface area (Å²) in [7, 11) is 0.